The number of ether oxygens (including phenoxy) is 3. The van der Waals surface area contributed by atoms with Gasteiger partial charge in [-0.25, -0.2) is 13.1 Å². The monoisotopic (exact) mass is 485 g/mol. The molecule has 0 aliphatic carbocycles. The maximum absolute atomic E-state index is 12.9. The van der Waals surface area contributed by atoms with Crippen molar-refractivity contribution in [1.82, 2.24) is 14.5 Å². The van der Waals surface area contributed by atoms with Gasteiger partial charge in [0.1, 0.15) is 17.2 Å². The topological polar surface area (TPSA) is 109 Å². The minimum absolute atomic E-state index is 0.0711. The number of amides is 1. The molecule has 0 aliphatic rings. The average Bonchev–Trinajstić information content (AvgIpc) is 3.26. The largest absolute Gasteiger partial charge is 0.573 e. The maximum atomic E-state index is 12.9. The molecule has 9 nitrogen and oxygen atoms in total. The van der Waals surface area contributed by atoms with Gasteiger partial charge < -0.3 is 14.2 Å². The van der Waals surface area contributed by atoms with E-state index in [0.29, 0.717) is 0 Å². The quantitative estimate of drug-likeness (QED) is 0.523. The van der Waals surface area contributed by atoms with E-state index in [1.54, 1.807) is 6.07 Å². The average molecular weight is 485 g/mol. The van der Waals surface area contributed by atoms with E-state index in [1.165, 1.54) is 61.6 Å². The number of benzene rings is 2. The Morgan fingerprint density at radius 2 is 1.73 bits per heavy atom. The van der Waals surface area contributed by atoms with Crippen molar-refractivity contribution in [2.75, 3.05) is 14.2 Å². The zero-order chi connectivity index (χ0) is 24.2. The third-order valence-electron chi connectivity index (χ3n) is 4.32. The molecule has 1 amide bonds. The first kappa shape index (κ1) is 23.9. The molecular weight excluding hydrogens is 467 g/mol. The van der Waals surface area contributed by atoms with Crippen LogP contribution < -0.4 is 18.9 Å². The van der Waals surface area contributed by atoms with Crippen LogP contribution in [0.2, 0.25) is 0 Å². The molecule has 0 aliphatic heterocycles. The van der Waals surface area contributed by atoms with Crippen LogP contribution in [0.4, 0.5) is 13.2 Å². The molecule has 176 valence electrons. The van der Waals surface area contributed by atoms with E-state index in [-0.39, 0.29) is 29.2 Å². The Hall–Kier alpha value is -3.74. The van der Waals surface area contributed by atoms with Gasteiger partial charge in [-0.3, -0.25) is 9.48 Å². The van der Waals surface area contributed by atoms with Gasteiger partial charge in [0.05, 0.1) is 20.8 Å². The first-order valence-electron chi connectivity index (χ1n) is 9.18. The molecule has 0 unspecified atom stereocenters. The van der Waals surface area contributed by atoms with Crippen molar-refractivity contribution in [3.63, 3.8) is 0 Å². The Morgan fingerprint density at radius 1 is 1.06 bits per heavy atom. The van der Waals surface area contributed by atoms with Crippen LogP contribution in [0.25, 0.3) is 0 Å². The summed E-state index contributed by atoms with van der Waals surface area (Å²) in [5.74, 6) is -2.03. The molecule has 0 fully saturated rings. The van der Waals surface area contributed by atoms with Gasteiger partial charge in [-0.1, -0.05) is 12.1 Å². The molecule has 0 spiro atoms. The van der Waals surface area contributed by atoms with Crippen molar-refractivity contribution < 1.29 is 40.6 Å². The predicted molar refractivity (Wildman–Crippen MR) is 109 cm³/mol. The smallest absolute Gasteiger partial charge is 0.495 e. The lowest BCUT2D eigenvalue weighted by molar-refractivity contribution is -0.274. The van der Waals surface area contributed by atoms with Gasteiger partial charge in [-0.15, -0.1) is 13.2 Å². The van der Waals surface area contributed by atoms with Gasteiger partial charge in [-0.05, 0) is 30.3 Å². The molecule has 0 saturated heterocycles. The lowest BCUT2D eigenvalue weighted by Gasteiger charge is -2.16. The normalized spacial score (nSPS) is 11.7. The Balaban J connectivity index is 1.95. The van der Waals surface area contributed by atoms with Crippen molar-refractivity contribution in [3.8, 4) is 17.2 Å². The first-order valence-corrected chi connectivity index (χ1v) is 10.7. The van der Waals surface area contributed by atoms with Crippen LogP contribution in [0, 0.1) is 0 Å². The number of nitrogens with zero attached hydrogens (tertiary/aromatic N) is 2. The summed E-state index contributed by atoms with van der Waals surface area (Å²) in [6.45, 7) is -0.0724. The lowest BCUT2D eigenvalue weighted by atomic mass is 10.1. The number of carbonyl (C=O) groups excluding carboxylic acids is 1. The predicted octanol–water partition coefficient (Wildman–Crippen LogP) is 2.97. The fourth-order valence-corrected chi connectivity index (χ4v) is 4.23. The number of sulfonamides is 1. The standard InChI is InChI=1S/C20H18F3N3O6S/c1-30-15-5-3-6-16(31-2)18(15)33(28,29)25-19(27)13-7-8-14(12-26-10-4-9-24-26)17(11-13)32-20(21,22)23/h3-11H,12H2,1-2H3,(H,25,27). The van der Waals surface area contributed by atoms with Crippen LogP contribution in [0.1, 0.15) is 15.9 Å². The summed E-state index contributed by atoms with van der Waals surface area (Å²) < 4.78 is 81.8. The Bertz CT molecular complexity index is 1220. The maximum Gasteiger partial charge on any atom is 0.573 e. The van der Waals surface area contributed by atoms with Gasteiger partial charge in [0.25, 0.3) is 15.9 Å². The van der Waals surface area contributed by atoms with Crippen LogP contribution in [0.5, 0.6) is 17.2 Å². The second-order valence-corrected chi connectivity index (χ2v) is 8.12. The fourth-order valence-electron chi connectivity index (χ4n) is 2.93. The van der Waals surface area contributed by atoms with Crippen LogP contribution >= 0.6 is 0 Å². The molecule has 1 heterocycles. The summed E-state index contributed by atoms with van der Waals surface area (Å²) in [7, 11) is -2.06. The van der Waals surface area contributed by atoms with E-state index < -0.39 is 32.9 Å². The van der Waals surface area contributed by atoms with Crippen molar-refractivity contribution in [2.24, 2.45) is 0 Å². The van der Waals surface area contributed by atoms with Crippen LogP contribution in [0.15, 0.2) is 59.8 Å². The van der Waals surface area contributed by atoms with E-state index in [4.69, 9.17) is 9.47 Å². The number of hydrogen-bond acceptors (Lipinski definition) is 7. The molecule has 0 bridgehead atoms. The second-order valence-electron chi connectivity index (χ2n) is 6.50. The Morgan fingerprint density at radius 3 is 2.27 bits per heavy atom. The van der Waals surface area contributed by atoms with Gasteiger partial charge in [0, 0.05) is 23.5 Å². The Kier molecular flexibility index (Phi) is 6.81. The Labute approximate surface area is 186 Å². The number of hydrogen-bond donors (Lipinski definition) is 1. The van der Waals surface area contributed by atoms with Crippen molar-refractivity contribution in [1.29, 1.82) is 0 Å². The molecular formula is C20H18F3N3O6S. The highest BCUT2D eigenvalue weighted by molar-refractivity contribution is 7.90. The first-order chi connectivity index (χ1) is 15.5. The molecule has 0 saturated carbocycles. The molecule has 1 N–H and O–H groups in total. The zero-order valence-electron chi connectivity index (χ0n) is 17.3. The van der Waals surface area contributed by atoms with Crippen LogP contribution in [0.3, 0.4) is 0 Å². The minimum Gasteiger partial charge on any atom is -0.495 e. The highest BCUT2D eigenvalue weighted by atomic mass is 32.2. The highest BCUT2D eigenvalue weighted by Gasteiger charge is 2.33. The van der Waals surface area contributed by atoms with Crippen molar-refractivity contribution in [3.05, 3.63) is 66.0 Å². The van der Waals surface area contributed by atoms with Crippen molar-refractivity contribution >= 4 is 15.9 Å². The van der Waals surface area contributed by atoms with Gasteiger partial charge in [-0.2, -0.15) is 5.10 Å². The number of halogens is 3. The molecule has 1 aromatic heterocycles. The van der Waals surface area contributed by atoms with Crippen LogP contribution in [-0.4, -0.2) is 44.7 Å². The number of methoxy groups -OCH3 is 2. The van der Waals surface area contributed by atoms with E-state index in [9.17, 15) is 26.4 Å². The molecule has 2 aromatic carbocycles. The molecule has 0 atom stereocenters. The SMILES string of the molecule is COc1cccc(OC)c1S(=O)(=O)NC(=O)c1ccc(Cn2cccn2)c(OC(F)(F)F)c1. The minimum atomic E-state index is -5.04. The summed E-state index contributed by atoms with van der Waals surface area (Å²) in [6, 6.07) is 8.96. The summed E-state index contributed by atoms with van der Waals surface area (Å²) in [4.78, 5) is 12.2. The number of carbonyl (C=O) groups is 1. The number of nitrogens with one attached hydrogen (secondary N) is 1. The van der Waals surface area contributed by atoms with E-state index in [1.807, 2.05) is 4.72 Å². The molecule has 13 heteroatoms. The lowest BCUT2D eigenvalue weighted by Crippen LogP contribution is -2.31. The number of rotatable bonds is 8. The van der Waals surface area contributed by atoms with Gasteiger partial charge >= 0.3 is 6.36 Å². The molecule has 3 rings (SSSR count). The third-order valence-corrected chi connectivity index (χ3v) is 5.72. The van der Waals surface area contributed by atoms with Crippen molar-refractivity contribution in [2.45, 2.75) is 17.8 Å². The zero-order valence-corrected chi connectivity index (χ0v) is 18.1. The molecule has 33 heavy (non-hydrogen) atoms. The number of alkyl halides is 3. The second kappa shape index (κ2) is 9.40. The van der Waals surface area contributed by atoms with Gasteiger partial charge in [0.2, 0.25) is 0 Å². The van der Waals surface area contributed by atoms with E-state index in [2.05, 4.69) is 9.84 Å². The molecule has 3 aromatic rings. The molecule has 0 radical (unpaired) electrons. The summed E-state index contributed by atoms with van der Waals surface area (Å²) in [5.41, 5.74) is -0.308. The summed E-state index contributed by atoms with van der Waals surface area (Å²) in [5, 5.41) is 3.92. The van der Waals surface area contributed by atoms with E-state index in [0.717, 1.165) is 6.07 Å². The summed E-state index contributed by atoms with van der Waals surface area (Å²) in [6.07, 6.45) is -2.06. The van der Waals surface area contributed by atoms with E-state index >= 15 is 0 Å². The van der Waals surface area contributed by atoms with Gasteiger partial charge in [0.15, 0.2) is 4.90 Å². The fraction of sp³-hybridized carbons (Fsp3) is 0.200. The van der Waals surface area contributed by atoms with Crippen LogP contribution in [-0.2, 0) is 16.6 Å². The number of aromatic nitrogens is 2. The summed E-state index contributed by atoms with van der Waals surface area (Å²) >= 11 is 0. The third kappa shape index (κ3) is 5.74. The highest BCUT2D eigenvalue weighted by Crippen LogP contribution is 2.33.